The van der Waals surface area contributed by atoms with E-state index in [1.807, 2.05) is 6.92 Å². The van der Waals surface area contributed by atoms with Gasteiger partial charge in [0, 0.05) is 24.0 Å². The Bertz CT molecular complexity index is 677. The summed E-state index contributed by atoms with van der Waals surface area (Å²) >= 11 is 2.51. The fourth-order valence-electron chi connectivity index (χ4n) is 1.38. The molecule has 2 N–H and O–H groups in total. The van der Waals surface area contributed by atoms with E-state index in [-0.39, 0.29) is 23.1 Å². The summed E-state index contributed by atoms with van der Waals surface area (Å²) in [4.78, 5) is 16.6. The number of rotatable bonds is 6. The molecule has 0 aliphatic rings. The topological polar surface area (TPSA) is 88.2 Å². The number of carbonyl (C=O) groups excluding carboxylic acids is 1. The number of sulfonamides is 1. The molecular formula is C11H13N3O3S3. The minimum absolute atomic E-state index is 0.0520. The fraction of sp³-hybridized carbons (Fsp3) is 0.273. The van der Waals surface area contributed by atoms with Crippen LogP contribution in [0.15, 0.2) is 27.9 Å². The first kappa shape index (κ1) is 15.1. The number of amides is 1. The molecule has 0 unspecified atom stereocenters. The van der Waals surface area contributed by atoms with Gasteiger partial charge in [-0.2, -0.15) is 0 Å². The van der Waals surface area contributed by atoms with E-state index in [0.717, 1.165) is 16.2 Å². The van der Waals surface area contributed by atoms with Crippen LogP contribution < -0.4 is 10.0 Å². The van der Waals surface area contributed by atoms with E-state index in [9.17, 15) is 13.2 Å². The molecule has 0 fully saturated rings. The number of nitrogens with one attached hydrogen (secondary N) is 2. The molecule has 0 saturated heterocycles. The zero-order valence-electron chi connectivity index (χ0n) is 10.6. The number of thiophene rings is 1. The Labute approximate surface area is 124 Å². The molecule has 0 atom stereocenters. The summed E-state index contributed by atoms with van der Waals surface area (Å²) in [6.45, 7) is 1.94. The molecule has 6 nitrogen and oxygen atoms in total. The summed E-state index contributed by atoms with van der Waals surface area (Å²) in [5, 5.41) is 4.83. The molecular weight excluding hydrogens is 318 g/mol. The molecule has 0 saturated carbocycles. The third kappa shape index (κ3) is 4.10. The summed E-state index contributed by atoms with van der Waals surface area (Å²) in [7, 11) is -3.51. The average Bonchev–Trinajstić information content (AvgIpc) is 3.00. The molecule has 0 aliphatic carbocycles. The smallest absolute Gasteiger partial charge is 0.250 e. The van der Waals surface area contributed by atoms with Crippen LogP contribution in [0.2, 0.25) is 0 Å². The van der Waals surface area contributed by atoms with Crippen LogP contribution in [0.25, 0.3) is 0 Å². The highest BCUT2D eigenvalue weighted by molar-refractivity contribution is 7.91. The van der Waals surface area contributed by atoms with Gasteiger partial charge >= 0.3 is 0 Å². The lowest BCUT2D eigenvalue weighted by atomic mass is 10.4. The molecule has 0 radical (unpaired) electrons. The molecule has 2 rings (SSSR count). The van der Waals surface area contributed by atoms with Crippen LogP contribution in [-0.4, -0.2) is 25.9 Å². The Morgan fingerprint density at radius 2 is 2.25 bits per heavy atom. The van der Waals surface area contributed by atoms with Crippen LogP contribution in [0.4, 0.5) is 5.13 Å². The van der Waals surface area contributed by atoms with Gasteiger partial charge in [-0.15, -0.1) is 22.7 Å². The van der Waals surface area contributed by atoms with Crippen LogP contribution in [0.5, 0.6) is 0 Å². The summed E-state index contributed by atoms with van der Waals surface area (Å²) < 4.78 is 26.2. The summed E-state index contributed by atoms with van der Waals surface area (Å²) in [6, 6.07) is 3.18. The van der Waals surface area contributed by atoms with E-state index in [2.05, 4.69) is 15.0 Å². The second kappa shape index (κ2) is 6.44. The number of aryl methyl sites for hydroxylation is 1. The third-order valence-corrected chi connectivity index (χ3v) is 5.96. The lowest BCUT2D eigenvalue weighted by Crippen LogP contribution is -2.27. The van der Waals surface area contributed by atoms with Gasteiger partial charge in [0.05, 0.1) is 0 Å². The predicted molar refractivity (Wildman–Crippen MR) is 79.6 cm³/mol. The van der Waals surface area contributed by atoms with Crippen LogP contribution in [0.1, 0.15) is 11.3 Å². The number of thiazole rings is 1. The number of hydrogen-bond donors (Lipinski definition) is 2. The van der Waals surface area contributed by atoms with Crippen LogP contribution in [0, 0.1) is 6.92 Å². The van der Waals surface area contributed by atoms with Gasteiger partial charge in [0.2, 0.25) is 15.9 Å². The second-order valence-electron chi connectivity index (χ2n) is 3.90. The standard InChI is InChI=1S/C11H13N3O3S3/c1-8-7-12-11(19-8)14-9(15)4-5-13-20(16,17)10-3-2-6-18-10/h2-3,6-7,13H,4-5H2,1H3,(H,12,14,15). The van der Waals surface area contributed by atoms with Gasteiger partial charge in [-0.05, 0) is 18.4 Å². The van der Waals surface area contributed by atoms with Crippen molar-refractivity contribution in [3.8, 4) is 0 Å². The molecule has 9 heteroatoms. The van der Waals surface area contributed by atoms with Crippen molar-refractivity contribution >= 4 is 43.7 Å². The van der Waals surface area contributed by atoms with E-state index in [0.29, 0.717) is 5.13 Å². The highest BCUT2D eigenvalue weighted by atomic mass is 32.2. The van der Waals surface area contributed by atoms with Crippen molar-refractivity contribution in [3.63, 3.8) is 0 Å². The number of hydrogen-bond acceptors (Lipinski definition) is 6. The maximum Gasteiger partial charge on any atom is 0.250 e. The van der Waals surface area contributed by atoms with Crippen molar-refractivity contribution < 1.29 is 13.2 Å². The Morgan fingerprint density at radius 1 is 1.45 bits per heavy atom. The second-order valence-corrected chi connectivity index (χ2v) is 8.08. The fourth-order valence-corrected chi connectivity index (χ4v) is 4.13. The molecule has 20 heavy (non-hydrogen) atoms. The zero-order valence-corrected chi connectivity index (χ0v) is 13.1. The summed E-state index contributed by atoms with van der Waals surface area (Å²) in [5.74, 6) is -0.270. The Kier molecular flexibility index (Phi) is 4.86. The Hall–Kier alpha value is -1.29. The zero-order chi connectivity index (χ0) is 14.6. The van der Waals surface area contributed by atoms with Gasteiger partial charge < -0.3 is 5.32 Å². The van der Waals surface area contributed by atoms with Crippen molar-refractivity contribution in [1.29, 1.82) is 0 Å². The van der Waals surface area contributed by atoms with Gasteiger partial charge in [0.25, 0.3) is 0 Å². The van der Waals surface area contributed by atoms with E-state index < -0.39 is 10.0 Å². The van der Waals surface area contributed by atoms with Crippen molar-refractivity contribution in [3.05, 3.63) is 28.6 Å². The highest BCUT2D eigenvalue weighted by Crippen LogP contribution is 2.17. The van der Waals surface area contributed by atoms with Gasteiger partial charge in [0.1, 0.15) is 4.21 Å². The molecule has 1 amide bonds. The predicted octanol–water partition coefficient (Wildman–Crippen LogP) is 1.82. The number of carbonyl (C=O) groups is 1. The first-order valence-corrected chi connectivity index (χ1v) is 8.91. The molecule has 108 valence electrons. The minimum Gasteiger partial charge on any atom is -0.302 e. The van der Waals surface area contributed by atoms with Crippen LogP contribution in [-0.2, 0) is 14.8 Å². The number of aromatic nitrogens is 1. The largest absolute Gasteiger partial charge is 0.302 e. The average molecular weight is 331 g/mol. The summed E-state index contributed by atoms with van der Waals surface area (Å²) in [6.07, 6.45) is 1.73. The Morgan fingerprint density at radius 3 is 2.85 bits per heavy atom. The number of nitrogens with zero attached hydrogens (tertiary/aromatic N) is 1. The maximum absolute atomic E-state index is 11.8. The van der Waals surface area contributed by atoms with Crippen molar-refractivity contribution in [2.24, 2.45) is 0 Å². The molecule has 0 bridgehead atoms. The lowest BCUT2D eigenvalue weighted by molar-refractivity contribution is -0.116. The SMILES string of the molecule is Cc1cnc(NC(=O)CCNS(=O)(=O)c2cccs2)s1. The van der Waals surface area contributed by atoms with E-state index in [4.69, 9.17) is 0 Å². The Balaban J connectivity index is 1.80. The molecule has 0 spiro atoms. The first-order chi connectivity index (χ1) is 9.47. The molecule has 2 heterocycles. The third-order valence-electron chi connectivity index (χ3n) is 2.27. The first-order valence-electron chi connectivity index (χ1n) is 5.73. The van der Waals surface area contributed by atoms with E-state index >= 15 is 0 Å². The van der Waals surface area contributed by atoms with Crippen molar-refractivity contribution in [2.45, 2.75) is 17.6 Å². The molecule has 2 aromatic heterocycles. The normalized spacial score (nSPS) is 11.4. The summed E-state index contributed by atoms with van der Waals surface area (Å²) in [5.41, 5.74) is 0. The monoisotopic (exact) mass is 331 g/mol. The molecule has 0 aromatic carbocycles. The van der Waals surface area contributed by atoms with Gasteiger partial charge in [0.15, 0.2) is 5.13 Å². The number of anilines is 1. The minimum atomic E-state index is -3.51. The highest BCUT2D eigenvalue weighted by Gasteiger charge is 2.15. The van der Waals surface area contributed by atoms with Gasteiger partial charge in [-0.1, -0.05) is 6.07 Å². The van der Waals surface area contributed by atoms with E-state index in [1.54, 1.807) is 17.6 Å². The van der Waals surface area contributed by atoms with Crippen molar-refractivity contribution in [1.82, 2.24) is 9.71 Å². The maximum atomic E-state index is 11.8. The van der Waals surface area contributed by atoms with Crippen LogP contribution in [0.3, 0.4) is 0 Å². The van der Waals surface area contributed by atoms with Crippen molar-refractivity contribution in [2.75, 3.05) is 11.9 Å². The van der Waals surface area contributed by atoms with Gasteiger partial charge in [-0.3, -0.25) is 4.79 Å². The molecule has 0 aliphatic heterocycles. The quantitative estimate of drug-likeness (QED) is 0.845. The van der Waals surface area contributed by atoms with E-state index in [1.165, 1.54) is 17.4 Å². The lowest BCUT2D eigenvalue weighted by Gasteiger charge is -2.04. The van der Waals surface area contributed by atoms with Gasteiger partial charge in [-0.25, -0.2) is 18.1 Å². The van der Waals surface area contributed by atoms with Crippen LogP contribution >= 0.6 is 22.7 Å². The molecule has 2 aromatic rings.